The van der Waals surface area contributed by atoms with E-state index in [0.717, 1.165) is 5.56 Å². The molecule has 0 bridgehead atoms. The lowest BCUT2D eigenvalue weighted by Crippen LogP contribution is -2.53. The third kappa shape index (κ3) is 23.6. The number of carboxylic acid groups (broad SMARTS) is 4. The minimum atomic E-state index is -1.27. The van der Waals surface area contributed by atoms with Crippen molar-refractivity contribution in [2.75, 3.05) is 85.1 Å². The van der Waals surface area contributed by atoms with E-state index < -0.39 is 78.0 Å². The predicted molar refractivity (Wildman–Crippen MR) is 255 cm³/mol. The second-order valence-corrected chi connectivity index (χ2v) is 18.7. The largest absolute Gasteiger partial charge is 0.480 e. The lowest BCUT2D eigenvalue weighted by Gasteiger charge is -2.38. The zero-order chi connectivity index (χ0) is 51.1. The average molecular weight is 969 g/mol. The van der Waals surface area contributed by atoms with Gasteiger partial charge in [0.1, 0.15) is 17.7 Å². The number of ether oxygens (including phenoxy) is 1. The molecule has 0 aromatic heterocycles. The first-order valence-corrected chi connectivity index (χ1v) is 23.3. The fourth-order valence-corrected chi connectivity index (χ4v) is 7.84. The van der Waals surface area contributed by atoms with E-state index in [-0.39, 0.29) is 76.6 Å². The average Bonchev–Trinajstić information content (AvgIpc) is 3.25. The van der Waals surface area contributed by atoms with Crippen LogP contribution in [0.5, 0.6) is 0 Å². The highest BCUT2D eigenvalue weighted by Crippen LogP contribution is 2.16. The van der Waals surface area contributed by atoms with E-state index in [1.807, 2.05) is 4.90 Å². The summed E-state index contributed by atoms with van der Waals surface area (Å²) in [5.74, 6) is -6.17. The summed E-state index contributed by atoms with van der Waals surface area (Å²) in [7, 11) is 0. The number of unbranched alkanes of at least 4 members (excludes halogenated alkanes) is 1. The van der Waals surface area contributed by atoms with Gasteiger partial charge in [-0.15, -0.1) is 0 Å². The fourth-order valence-electron chi connectivity index (χ4n) is 7.84. The Morgan fingerprint density at radius 1 is 0.681 bits per heavy atom. The van der Waals surface area contributed by atoms with Crippen molar-refractivity contribution in [2.45, 2.75) is 90.4 Å². The number of carbonyl (C=O) groups is 8. The van der Waals surface area contributed by atoms with Crippen LogP contribution in [-0.4, -0.2) is 197 Å². The molecule has 1 saturated heterocycles. The lowest BCUT2D eigenvalue weighted by atomic mass is 10.0. The van der Waals surface area contributed by atoms with Gasteiger partial charge >= 0.3 is 30.0 Å². The number of rotatable bonds is 24. The van der Waals surface area contributed by atoms with E-state index in [1.54, 1.807) is 85.2 Å². The molecule has 1 aliphatic rings. The van der Waals surface area contributed by atoms with Gasteiger partial charge in [0.2, 0.25) is 11.8 Å². The van der Waals surface area contributed by atoms with Crippen LogP contribution in [0.15, 0.2) is 54.6 Å². The van der Waals surface area contributed by atoms with Crippen molar-refractivity contribution in [1.82, 2.24) is 40.9 Å². The molecule has 69 heavy (non-hydrogen) atoms. The van der Waals surface area contributed by atoms with Gasteiger partial charge in [0.05, 0.1) is 26.2 Å². The van der Waals surface area contributed by atoms with Crippen LogP contribution < -0.4 is 21.3 Å². The Morgan fingerprint density at radius 3 is 1.87 bits per heavy atom. The van der Waals surface area contributed by atoms with Crippen molar-refractivity contribution in [1.29, 1.82) is 0 Å². The predicted octanol–water partition coefficient (Wildman–Crippen LogP) is 1.45. The molecule has 4 amide bonds. The molecule has 382 valence electrons. The number of hydrogen-bond donors (Lipinski definition) is 8. The summed E-state index contributed by atoms with van der Waals surface area (Å²) >= 11 is 0. The fraction of sp³-hybridized carbons (Fsp3) is 0.583. The van der Waals surface area contributed by atoms with Gasteiger partial charge in [0, 0.05) is 76.9 Å². The molecular formula is C48H72N8O13. The molecule has 1 heterocycles. The van der Waals surface area contributed by atoms with Gasteiger partial charge in [0.15, 0.2) is 0 Å². The van der Waals surface area contributed by atoms with Crippen LogP contribution in [0.3, 0.4) is 0 Å². The number of amides is 4. The van der Waals surface area contributed by atoms with Crippen LogP contribution in [0, 0.1) is 5.92 Å². The van der Waals surface area contributed by atoms with Gasteiger partial charge in [-0.25, -0.2) is 9.59 Å². The van der Waals surface area contributed by atoms with Crippen LogP contribution in [0.4, 0.5) is 4.79 Å². The topological polar surface area (TPSA) is 288 Å². The number of carboxylic acids is 4. The number of carbonyl (C=O) groups excluding carboxylic acids is 4. The lowest BCUT2D eigenvalue weighted by molar-refractivity contribution is -0.142. The van der Waals surface area contributed by atoms with Crippen LogP contribution >= 0.6 is 0 Å². The Morgan fingerprint density at radius 2 is 1.28 bits per heavy atom. The summed E-state index contributed by atoms with van der Waals surface area (Å²) in [6.45, 7) is 11.3. The molecule has 0 aliphatic carbocycles. The maximum atomic E-state index is 13.7. The van der Waals surface area contributed by atoms with Gasteiger partial charge in [0.25, 0.3) is 5.91 Å². The number of nitrogens with one attached hydrogen (secondary N) is 4. The van der Waals surface area contributed by atoms with Crippen molar-refractivity contribution >= 4 is 47.7 Å². The van der Waals surface area contributed by atoms with Crippen molar-refractivity contribution in [3.63, 3.8) is 0 Å². The third-order valence-electron chi connectivity index (χ3n) is 11.1. The quantitative estimate of drug-likeness (QED) is 0.0691. The molecule has 21 heteroatoms. The molecule has 3 atom stereocenters. The van der Waals surface area contributed by atoms with E-state index >= 15 is 0 Å². The maximum absolute atomic E-state index is 13.7. The highest BCUT2D eigenvalue weighted by molar-refractivity contribution is 5.98. The number of alkyl carbamates (subject to hydrolysis) is 1. The Kier molecular flexibility index (Phi) is 24.0. The molecule has 8 N–H and O–H groups in total. The number of aliphatic carboxylic acids is 4. The van der Waals surface area contributed by atoms with Crippen molar-refractivity contribution in [3.05, 3.63) is 71.3 Å². The number of hydrogen-bond acceptors (Lipinski definition) is 13. The van der Waals surface area contributed by atoms with Gasteiger partial charge in [-0.05, 0) is 75.6 Å². The molecule has 0 radical (unpaired) electrons. The van der Waals surface area contributed by atoms with Gasteiger partial charge in [-0.1, -0.05) is 56.3 Å². The summed E-state index contributed by atoms with van der Waals surface area (Å²) in [5, 5.41) is 49.5. The third-order valence-corrected chi connectivity index (χ3v) is 11.1. The Balaban J connectivity index is 1.75. The molecule has 0 saturated carbocycles. The molecule has 1 unspecified atom stereocenters. The zero-order valence-corrected chi connectivity index (χ0v) is 40.5. The molecule has 1 fully saturated rings. The second-order valence-electron chi connectivity index (χ2n) is 18.7. The van der Waals surface area contributed by atoms with Crippen molar-refractivity contribution < 1.29 is 63.5 Å². The summed E-state index contributed by atoms with van der Waals surface area (Å²) in [6, 6.07) is 12.5. The normalized spacial score (nSPS) is 16.8. The van der Waals surface area contributed by atoms with E-state index in [9.17, 15) is 58.8 Å². The van der Waals surface area contributed by atoms with E-state index in [2.05, 4.69) is 40.0 Å². The molecular weight excluding hydrogens is 897 g/mol. The van der Waals surface area contributed by atoms with E-state index in [1.165, 1.54) is 0 Å². The first-order valence-electron chi connectivity index (χ1n) is 23.3. The summed E-state index contributed by atoms with van der Waals surface area (Å²) < 4.78 is 5.18. The molecule has 21 nitrogen and oxygen atoms in total. The molecule has 3 rings (SSSR count). The summed E-state index contributed by atoms with van der Waals surface area (Å²) in [4.78, 5) is 108. The molecule has 0 spiro atoms. The first kappa shape index (κ1) is 57.2. The zero-order valence-electron chi connectivity index (χ0n) is 40.5. The maximum Gasteiger partial charge on any atom is 0.407 e. The first-order chi connectivity index (χ1) is 32.6. The van der Waals surface area contributed by atoms with Gasteiger partial charge < -0.3 is 51.3 Å². The van der Waals surface area contributed by atoms with Crippen LogP contribution in [0.2, 0.25) is 0 Å². The Bertz CT molecular complexity index is 2000. The van der Waals surface area contributed by atoms with Crippen molar-refractivity contribution in [2.24, 2.45) is 5.92 Å². The highest BCUT2D eigenvalue weighted by Gasteiger charge is 2.29. The monoisotopic (exact) mass is 969 g/mol. The van der Waals surface area contributed by atoms with Crippen LogP contribution in [0.25, 0.3) is 0 Å². The van der Waals surface area contributed by atoms with Crippen LogP contribution in [-0.2, 0) is 46.3 Å². The standard InChI is InChI=1S/C48H72N8O13/c1-33(2)28-53-19-20-54(30-41(58)59)21-22-55(31-42(60)61)29-37(56(24-23-53)32-43(62)63)25-35-14-16-36(17-15-35)44(64)52-39(26-34-11-7-6-8-12-34)45(65)50-27-40(57)51-38(46(66)67)13-9-10-18-49-47(68)69-48(3,4)5/h6-8,11-12,14-17,33,37-39H,9-10,13,18-32H2,1-5H3,(H,49,68)(H,50,65)(H,51,57)(H,52,64)(H,58,59)(H,60,61)(H,62,63)(H,66,67)/t37?,38-,39-/m0/s1. The van der Waals surface area contributed by atoms with Gasteiger partial charge in [-0.2, -0.15) is 0 Å². The van der Waals surface area contributed by atoms with Gasteiger partial charge in [-0.3, -0.25) is 43.5 Å². The minimum Gasteiger partial charge on any atom is -0.480 e. The molecule has 1 aliphatic heterocycles. The number of benzene rings is 2. The number of nitrogens with zero attached hydrogens (tertiary/aromatic N) is 4. The van der Waals surface area contributed by atoms with E-state index in [4.69, 9.17) is 4.74 Å². The molecule has 2 aromatic rings. The van der Waals surface area contributed by atoms with Crippen molar-refractivity contribution in [3.8, 4) is 0 Å². The highest BCUT2D eigenvalue weighted by atomic mass is 16.6. The summed E-state index contributed by atoms with van der Waals surface area (Å²) in [5.41, 5.74) is 0.969. The van der Waals surface area contributed by atoms with E-state index in [0.29, 0.717) is 51.1 Å². The Labute approximate surface area is 403 Å². The SMILES string of the molecule is CC(C)CN1CCN(CC(=O)O)CCN(CC(=O)O)CC(Cc2ccc(C(=O)N[C@@H](Cc3ccccc3)C(=O)NCC(=O)N[C@@H](CCCCNC(=O)OC(C)(C)C)C(=O)O)cc2)N(CC(=O)O)CC1. The summed E-state index contributed by atoms with van der Waals surface area (Å²) in [6.07, 6.45) is 0.586. The minimum absolute atomic E-state index is 0.0593. The smallest absolute Gasteiger partial charge is 0.407 e. The second kappa shape index (κ2) is 29.0. The Hall–Kier alpha value is -6.16. The molecule has 2 aromatic carbocycles. The van der Waals surface area contributed by atoms with Crippen LogP contribution in [0.1, 0.15) is 75.4 Å².